The number of unbranched alkanes of at least 4 members (excludes halogenated alkanes) is 4. The number of halogens is 4. The monoisotopic (exact) mass is 513 g/mol. The first kappa shape index (κ1) is 24.8. The summed E-state index contributed by atoms with van der Waals surface area (Å²) in [7, 11) is 0. The Kier molecular flexibility index (Phi) is 9.23. The molecule has 0 N–H and O–H groups in total. The molecule has 0 fully saturated rings. The van der Waals surface area contributed by atoms with Crippen LogP contribution in [0.3, 0.4) is 0 Å². The van der Waals surface area contributed by atoms with E-state index in [4.69, 9.17) is 51.1 Å². The molecule has 0 aliphatic rings. The Hall–Kier alpha value is -1.79. The van der Waals surface area contributed by atoms with Gasteiger partial charge in [-0.15, -0.1) is 5.10 Å². The number of benzene rings is 2. The standard InChI is InChI=1S/C23H23Cl4N3O2/c1-2-3-4-5-6-11-32-21(31)14-30-23(18-10-8-16(25)13-20(18)27)22(28-29-30)17-9-7-15(24)12-19(17)26/h7-10,12-13H,2-6,11,14H2,1H3. The predicted octanol–water partition coefficient (Wildman–Crippen LogP) is 7.74. The van der Waals surface area contributed by atoms with Gasteiger partial charge in [0, 0.05) is 21.2 Å². The van der Waals surface area contributed by atoms with Crippen LogP contribution < -0.4 is 0 Å². The third-order valence-corrected chi connectivity index (χ3v) is 5.99. The van der Waals surface area contributed by atoms with Crippen LogP contribution in [0.4, 0.5) is 0 Å². The van der Waals surface area contributed by atoms with E-state index in [0.717, 1.165) is 19.3 Å². The van der Waals surface area contributed by atoms with Gasteiger partial charge in [0.2, 0.25) is 0 Å². The van der Waals surface area contributed by atoms with Gasteiger partial charge < -0.3 is 4.74 Å². The maximum Gasteiger partial charge on any atom is 0.327 e. The van der Waals surface area contributed by atoms with Crippen LogP contribution in [0.25, 0.3) is 22.5 Å². The van der Waals surface area contributed by atoms with E-state index in [1.54, 1.807) is 36.4 Å². The third-order valence-electron chi connectivity index (χ3n) is 4.90. The van der Waals surface area contributed by atoms with Gasteiger partial charge in [0.15, 0.2) is 0 Å². The first-order chi connectivity index (χ1) is 15.4. The highest BCUT2D eigenvalue weighted by molar-refractivity contribution is 6.37. The zero-order valence-corrected chi connectivity index (χ0v) is 20.6. The Bertz CT molecular complexity index is 1090. The van der Waals surface area contributed by atoms with E-state index in [1.807, 2.05) is 0 Å². The minimum Gasteiger partial charge on any atom is -0.464 e. The highest BCUT2D eigenvalue weighted by Crippen LogP contribution is 2.39. The summed E-state index contributed by atoms with van der Waals surface area (Å²) in [6.07, 6.45) is 5.37. The molecule has 3 rings (SSSR count). The summed E-state index contributed by atoms with van der Waals surface area (Å²) in [5.74, 6) is -0.398. The summed E-state index contributed by atoms with van der Waals surface area (Å²) in [6.45, 7) is 2.43. The summed E-state index contributed by atoms with van der Waals surface area (Å²) < 4.78 is 6.86. The number of rotatable bonds is 10. The molecule has 9 heteroatoms. The fourth-order valence-electron chi connectivity index (χ4n) is 3.29. The number of ether oxygens (including phenoxy) is 1. The summed E-state index contributed by atoms with van der Waals surface area (Å²) in [5, 5.41) is 10.3. The van der Waals surface area contributed by atoms with Crippen molar-refractivity contribution in [3.05, 3.63) is 56.5 Å². The Balaban J connectivity index is 1.88. The van der Waals surface area contributed by atoms with Crippen LogP contribution in [0.15, 0.2) is 36.4 Å². The van der Waals surface area contributed by atoms with Gasteiger partial charge in [-0.05, 0) is 42.8 Å². The van der Waals surface area contributed by atoms with E-state index < -0.39 is 5.97 Å². The number of nitrogens with zero attached hydrogens (tertiary/aromatic N) is 3. The van der Waals surface area contributed by atoms with Gasteiger partial charge in [-0.2, -0.15) is 0 Å². The molecule has 0 amide bonds. The van der Waals surface area contributed by atoms with Crippen LogP contribution in [0, 0.1) is 0 Å². The van der Waals surface area contributed by atoms with Crippen molar-refractivity contribution in [1.82, 2.24) is 15.0 Å². The number of carbonyl (C=O) groups excluding carboxylic acids is 1. The Morgan fingerprint density at radius 3 is 2.16 bits per heavy atom. The van der Waals surface area contributed by atoms with E-state index in [9.17, 15) is 4.79 Å². The molecule has 1 aromatic heterocycles. The van der Waals surface area contributed by atoms with Gasteiger partial charge in [0.05, 0.1) is 22.3 Å². The van der Waals surface area contributed by atoms with Crippen molar-refractivity contribution in [2.24, 2.45) is 0 Å². The molecule has 0 aliphatic heterocycles. The normalized spacial score (nSPS) is 11.0. The lowest BCUT2D eigenvalue weighted by Crippen LogP contribution is -2.16. The molecule has 0 saturated heterocycles. The van der Waals surface area contributed by atoms with E-state index in [2.05, 4.69) is 17.2 Å². The van der Waals surface area contributed by atoms with Crippen LogP contribution in [0.2, 0.25) is 20.1 Å². The lowest BCUT2D eigenvalue weighted by molar-refractivity contribution is -0.144. The second kappa shape index (κ2) is 11.9. The summed E-state index contributed by atoms with van der Waals surface area (Å²) >= 11 is 25.0. The van der Waals surface area contributed by atoms with Gasteiger partial charge in [-0.1, -0.05) is 84.2 Å². The molecule has 5 nitrogen and oxygen atoms in total. The molecule has 0 radical (unpaired) electrons. The molecule has 0 saturated carbocycles. The highest BCUT2D eigenvalue weighted by Gasteiger charge is 2.22. The second-order valence-corrected chi connectivity index (χ2v) is 9.01. The molecular weight excluding hydrogens is 492 g/mol. The lowest BCUT2D eigenvalue weighted by Gasteiger charge is -2.11. The van der Waals surface area contributed by atoms with Crippen molar-refractivity contribution < 1.29 is 9.53 Å². The summed E-state index contributed by atoms with van der Waals surface area (Å²) in [5.41, 5.74) is 2.25. The van der Waals surface area contributed by atoms with Crippen molar-refractivity contribution in [2.45, 2.75) is 45.6 Å². The molecule has 0 aliphatic carbocycles. The van der Waals surface area contributed by atoms with Gasteiger partial charge in [-0.25, -0.2) is 4.68 Å². The van der Waals surface area contributed by atoms with Crippen LogP contribution in [0.1, 0.15) is 39.0 Å². The maximum atomic E-state index is 12.5. The summed E-state index contributed by atoms with van der Waals surface area (Å²) in [6, 6.07) is 10.2. The molecule has 0 atom stereocenters. The van der Waals surface area contributed by atoms with Gasteiger partial charge in [-0.3, -0.25) is 4.79 Å². The highest BCUT2D eigenvalue weighted by atomic mass is 35.5. The van der Waals surface area contributed by atoms with Crippen molar-refractivity contribution >= 4 is 52.4 Å². The van der Waals surface area contributed by atoms with Crippen LogP contribution in [-0.4, -0.2) is 27.6 Å². The SMILES string of the molecule is CCCCCCCOC(=O)Cn1nnc(-c2ccc(Cl)cc2Cl)c1-c1ccc(Cl)cc1Cl. The molecule has 32 heavy (non-hydrogen) atoms. The van der Waals surface area contributed by atoms with Gasteiger partial charge in [0.25, 0.3) is 0 Å². The first-order valence-corrected chi connectivity index (χ1v) is 11.9. The minimum absolute atomic E-state index is 0.110. The van der Waals surface area contributed by atoms with Gasteiger partial charge in [0.1, 0.15) is 12.2 Å². The zero-order chi connectivity index (χ0) is 23.1. The van der Waals surface area contributed by atoms with Crippen LogP contribution in [0.5, 0.6) is 0 Å². The zero-order valence-electron chi connectivity index (χ0n) is 17.6. The van der Waals surface area contributed by atoms with Crippen molar-refractivity contribution in [1.29, 1.82) is 0 Å². The maximum absolute atomic E-state index is 12.5. The first-order valence-electron chi connectivity index (χ1n) is 10.4. The lowest BCUT2D eigenvalue weighted by atomic mass is 10.0. The average molecular weight is 515 g/mol. The number of aromatic nitrogens is 3. The topological polar surface area (TPSA) is 57.0 Å². The van der Waals surface area contributed by atoms with Gasteiger partial charge >= 0.3 is 5.97 Å². The fraction of sp³-hybridized carbons (Fsp3) is 0.348. The van der Waals surface area contributed by atoms with Crippen molar-refractivity contribution in [3.63, 3.8) is 0 Å². The Morgan fingerprint density at radius 2 is 1.53 bits per heavy atom. The van der Waals surface area contributed by atoms with E-state index in [0.29, 0.717) is 49.2 Å². The van der Waals surface area contributed by atoms with E-state index in [-0.39, 0.29) is 6.54 Å². The number of hydrogen-bond acceptors (Lipinski definition) is 4. The molecular formula is C23H23Cl4N3O2. The summed E-state index contributed by atoms with van der Waals surface area (Å²) in [4.78, 5) is 12.5. The van der Waals surface area contributed by atoms with Crippen molar-refractivity contribution in [3.8, 4) is 22.5 Å². The number of carbonyl (C=O) groups is 1. The van der Waals surface area contributed by atoms with Crippen LogP contribution in [-0.2, 0) is 16.1 Å². The molecule has 170 valence electrons. The number of esters is 1. The smallest absolute Gasteiger partial charge is 0.327 e. The predicted molar refractivity (Wildman–Crippen MR) is 131 cm³/mol. The quantitative estimate of drug-likeness (QED) is 0.205. The second-order valence-electron chi connectivity index (χ2n) is 7.33. The van der Waals surface area contributed by atoms with E-state index >= 15 is 0 Å². The molecule has 0 bridgehead atoms. The molecule has 3 aromatic rings. The third kappa shape index (κ3) is 6.38. The Labute approximate surface area is 207 Å². The average Bonchev–Trinajstić information content (AvgIpc) is 3.13. The van der Waals surface area contributed by atoms with Crippen LogP contribution >= 0.6 is 46.4 Å². The largest absolute Gasteiger partial charge is 0.464 e. The molecule has 0 unspecified atom stereocenters. The molecule has 0 spiro atoms. The molecule has 1 heterocycles. The molecule has 2 aromatic carbocycles. The minimum atomic E-state index is -0.398. The number of hydrogen-bond donors (Lipinski definition) is 0. The Morgan fingerprint density at radius 1 is 0.906 bits per heavy atom. The fourth-order valence-corrected chi connectivity index (χ4v) is 4.29. The van der Waals surface area contributed by atoms with Crippen molar-refractivity contribution in [2.75, 3.05) is 6.61 Å². The van der Waals surface area contributed by atoms with E-state index in [1.165, 1.54) is 17.5 Å².